The fourth-order valence-electron chi connectivity index (χ4n) is 3.92. The summed E-state index contributed by atoms with van der Waals surface area (Å²) < 4.78 is 5.63. The molecular formula is C20H29NO2. The number of carbonyl (C=O) groups is 1. The van der Waals surface area contributed by atoms with Crippen LogP contribution in [0.2, 0.25) is 0 Å². The average molecular weight is 315 g/mol. The lowest BCUT2D eigenvalue weighted by atomic mass is 9.95. The second-order valence-electron chi connectivity index (χ2n) is 7.66. The lowest BCUT2D eigenvalue weighted by molar-refractivity contribution is -0.132. The first-order valence-corrected chi connectivity index (χ1v) is 9.00. The van der Waals surface area contributed by atoms with Gasteiger partial charge in [-0.2, -0.15) is 0 Å². The van der Waals surface area contributed by atoms with Crippen LogP contribution in [0.3, 0.4) is 0 Å². The molecule has 0 aliphatic heterocycles. The van der Waals surface area contributed by atoms with E-state index in [1.54, 1.807) is 0 Å². The molecule has 1 saturated carbocycles. The first-order chi connectivity index (χ1) is 11.0. The Morgan fingerprint density at radius 3 is 2.91 bits per heavy atom. The molecule has 3 rings (SSSR count). The molecule has 0 unspecified atom stereocenters. The van der Waals surface area contributed by atoms with E-state index in [-0.39, 0.29) is 12.0 Å². The van der Waals surface area contributed by atoms with Gasteiger partial charge in [-0.1, -0.05) is 38.1 Å². The van der Waals surface area contributed by atoms with Crippen LogP contribution in [-0.2, 0) is 21.4 Å². The number of carbonyl (C=O) groups excluding carboxylic acids is 1. The van der Waals surface area contributed by atoms with Crippen molar-refractivity contribution >= 4 is 5.91 Å². The molecule has 0 bridgehead atoms. The highest BCUT2D eigenvalue weighted by Crippen LogP contribution is 2.61. The molecule has 2 aliphatic rings. The van der Waals surface area contributed by atoms with Crippen molar-refractivity contribution in [2.75, 3.05) is 13.2 Å². The molecule has 0 saturated heterocycles. The lowest BCUT2D eigenvalue weighted by Crippen LogP contribution is -2.36. The molecular weight excluding hydrogens is 286 g/mol. The average Bonchev–Trinajstić information content (AvgIpc) is 3.11. The summed E-state index contributed by atoms with van der Waals surface area (Å²) in [4.78, 5) is 12.2. The standard InChI is InChI=1S/C20H29NO2/c1-14(2)9-11-23-15(3)19(22)21-13-17-12-20(17)10-8-16-6-4-5-7-18(16)20/h4-7,14-15,17H,8-13H2,1-3H3,(H,21,22)/t15-,17+,20-/m1/s1. The van der Waals surface area contributed by atoms with Crippen LogP contribution in [0.5, 0.6) is 0 Å². The molecule has 23 heavy (non-hydrogen) atoms. The van der Waals surface area contributed by atoms with Gasteiger partial charge in [0.2, 0.25) is 5.91 Å². The third-order valence-electron chi connectivity index (χ3n) is 5.58. The summed E-state index contributed by atoms with van der Waals surface area (Å²) in [5, 5.41) is 3.10. The minimum absolute atomic E-state index is 0.0297. The van der Waals surface area contributed by atoms with Gasteiger partial charge in [0.05, 0.1) is 0 Å². The molecule has 0 heterocycles. The number of fused-ring (bicyclic) bond motifs is 2. The number of amides is 1. The van der Waals surface area contributed by atoms with Gasteiger partial charge >= 0.3 is 0 Å². The molecule has 3 nitrogen and oxygen atoms in total. The predicted molar refractivity (Wildman–Crippen MR) is 92.4 cm³/mol. The Morgan fingerprint density at radius 1 is 1.35 bits per heavy atom. The molecule has 0 radical (unpaired) electrons. The first-order valence-electron chi connectivity index (χ1n) is 9.00. The zero-order valence-electron chi connectivity index (χ0n) is 14.6. The summed E-state index contributed by atoms with van der Waals surface area (Å²) in [6.07, 6.45) is 4.30. The Bertz CT molecular complexity index is 569. The highest BCUT2D eigenvalue weighted by atomic mass is 16.5. The third kappa shape index (κ3) is 3.45. The molecule has 0 aromatic heterocycles. The number of ether oxygens (including phenoxy) is 1. The van der Waals surface area contributed by atoms with E-state index >= 15 is 0 Å². The molecule has 3 heteroatoms. The summed E-state index contributed by atoms with van der Waals surface area (Å²) in [6.45, 7) is 7.63. The fraction of sp³-hybridized carbons (Fsp3) is 0.650. The molecule has 1 amide bonds. The Balaban J connectivity index is 1.45. The summed E-state index contributed by atoms with van der Waals surface area (Å²) in [7, 11) is 0. The van der Waals surface area contributed by atoms with Crippen LogP contribution in [0.15, 0.2) is 24.3 Å². The number of nitrogens with one attached hydrogen (secondary N) is 1. The van der Waals surface area contributed by atoms with Gasteiger partial charge in [0, 0.05) is 18.6 Å². The monoisotopic (exact) mass is 315 g/mol. The normalized spacial score (nSPS) is 26.3. The minimum atomic E-state index is -0.348. The topological polar surface area (TPSA) is 38.3 Å². The van der Waals surface area contributed by atoms with Crippen molar-refractivity contribution < 1.29 is 9.53 Å². The minimum Gasteiger partial charge on any atom is -0.369 e. The van der Waals surface area contributed by atoms with Crippen LogP contribution in [0.4, 0.5) is 0 Å². The second-order valence-corrected chi connectivity index (χ2v) is 7.66. The number of aryl methyl sites for hydroxylation is 1. The summed E-state index contributed by atoms with van der Waals surface area (Å²) >= 11 is 0. The van der Waals surface area contributed by atoms with E-state index in [1.807, 2.05) is 6.92 Å². The van der Waals surface area contributed by atoms with Crippen LogP contribution in [0, 0.1) is 11.8 Å². The van der Waals surface area contributed by atoms with Crippen molar-refractivity contribution in [3.63, 3.8) is 0 Å². The van der Waals surface area contributed by atoms with Crippen molar-refractivity contribution in [2.45, 2.75) is 58.0 Å². The Morgan fingerprint density at radius 2 is 2.13 bits per heavy atom. The fourth-order valence-corrected chi connectivity index (χ4v) is 3.92. The number of rotatable bonds is 7. The maximum absolute atomic E-state index is 12.2. The number of hydrogen-bond donors (Lipinski definition) is 1. The number of benzene rings is 1. The van der Waals surface area contributed by atoms with Crippen molar-refractivity contribution in [3.05, 3.63) is 35.4 Å². The van der Waals surface area contributed by atoms with Gasteiger partial charge in [-0.3, -0.25) is 4.79 Å². The predicted octanol–water partition coefficient (Wildman–Crippen LogP) is 3.46. The SMILES string of the molecule is CC(C)CCO[C@H](C)C(=O)NC[C@@H]1C[C@]12CCc1ccccc12. The smallest absolute Gasteiger partial charge is 0.248 e. The maximum atomic E-state index is 12.2. The van der Waals surface area contributed by atoms with Crippen molar-refractivity contribution in [2.24, 2.45) is 11.8 Å². The molecule has 1 spiro atoms. The Hall–Kier alpha value is -1.35. The van der Waals surface area contributed by atoms with Crippen LogP contribution >= 0.6 is 0 Å². The summed E-state index contributed by atoms with van der Waals surface area (Å²) in [5.74, 6) is 1.24. The molecule has 1 aromatic rings. The second kappa shape index (κ2) is 6.64. The molecule has 2 aliphatic carbocycles. The van der Waals surface area contributed by atoms with E-state index in [0.717, 1.165) is 13.0 Å². The van der Waals surface area contributed by atoms with Gasteiger partial charge in [-0.15, -0.1) is 0 Å². The van der Waals surface area contributed by atoms with Crippen molar-refractivity contribution in [3.8, 4) is 0 Å². The van der Waals surface area contributed by atoms with Crippen LogP contribution in [-0.4, -0.2) is 25.2 Å². The lowest BCUT2D eigenvalue weighted by Gasteiger charge is -2.16. The highest BCUT2D eigenvalue weighted by Gasteiger charge is 2.57. The van der Waals surface area contributed by atoms with Gasteiger partial charge in [0.1, 0.15) is 6.10 Å². The molecule has 1 aromatic carbocycles. The first kappa shape index (κ1) is 16.5. The molecule has 3 atom stereocenters. The van der Waals surface area contributed by atoms with Gasteiger partial charge in [-0.25, -0.2) is 0 Å². The zero-order chi connectivity index (χ0) is 16.4. The van der Waals surface area contributed by atoms with Crippen LogP contribution < -0.4 is 5.32 Å². The quantitative estimate of drug-likeness (QED) is 0.837. The molecule has 126 valence electrons. The van der Waals surface area contributed by atoms with E-state index in [9.17, 15) is 4.79 Å². The van der Waals surface area contributed by atoms with Crippen molar-refractivity contribution in [1.29, 1.82) is 0 Å². The Labute approximate surface area is 139 Å². The zero-order valence-corrected chi connectivity index (χ0v) is 14.6. The van der Waals surface area contributed by atoms with E-state index in [2.05, 4.69) is 43.4 Å². The van der Waals surface area contributed by atoms with Gasteiger partial charge in [0.15, 0.2) is 0 Å². The maximum Gasteiger partial charge on any atom is 0.248 e. The van der Waals surface area contributed by atoms with Crippen molar-refractivity contribution in [1.82, 2.24) is 5.32 Å². The Kier molecular flexibility index (Phi) is 4.77. The highest BCUT2D eigenvalue weighted by molar-refractivity contribution is 5.80. The van der Waals surface area contributed by atoms with E-state index in [1.165, 1.54) is 30.4 Å². The van der Waals surface area contributed by atoms with E-state index in [4.69, 9.17) is 4.74 Å². The largest absolute Gasteiger partial charge is 0.369 e. The van der Waals surface area contributed by atoms with Gasteiger partial charge < -0.3 is 10.1 Å². The van der Waals surface area contributed by atoms with Crippen LogP contribution in [0.1, 0.15) is 51.2 Å². The van der Waals surface area contributed by atoms with Gasteiger partial charge in [-0.05, 0) is 55.6 Å². The number of hydrogen-bond acceptors (Lipinski definition) is 2. The summed E-state index contributed by atoms with van der Waals surface area (Å²) in [6, 6.07) is 8.81. The van der Waals surface area contributed by atoms with Gasteiger partial charge in [0.25, 0.3) is 0 Å². The van der Waals surface area contributed by atoms with E-state index < -0.39 is 0 Å². The van der Waals surface area contributed by atoms with E-state index in [0.29, 0.717) is 23.9 Å². The molecule has 1 N–H and O–H groups in total. The molecule has 1 fully saturated rings. The van der Waals surface area contributed by atoms with Crippen LogP contribution in [0.25, 0.3) is 0 Å². The third-order valence-corrected chi connectivity index (χ3v) is 5.58. The summed E-state index contributed by atoms with van der Waals surface area (Å²) in [5.41, 5.74) is 3.39.